The van der Waals surface area contributed by atoms with Crippen molar-refractivity contribution in [1.29, 1.82) is 0 Å². The number of aliphatic hydroxyl groups is 3. The molecule has 0 spiro atoms. The maximum Gasteiger partial charge on any atom is 0.220 e. The first kappa shape index (κ1) is 55.5. The molecular formula is C42H89N6O5+. The van der Waals surface area contributed by atoms with Gasteiger partial charge in [-0.05, 0) is 44.9 Å². The number of likely N-dealkylation sites (tertiary alicyclic amines) is 1. The molecule has 0 aromatic heterocycles. The molecule has 1 saturated heterocycles. The molecule has 1 aliphatic heterocycles. The van der Waals surface area contributed by atoms with E-state index in [-0.39, 0.29) is 35.0 Å². The zero-order valence-electron chi connectivity index (χ0n) is 36.3. The predicted molar refractivity (Wildman–Crippen MR) is 225 cm³/mol. The number of unbranched alkanes of at least 4 members (excludes halogenated alkanes) is 3. The summed E-state index contributed by atoms with van der Waals surface area (Å²) in [6, 6.07) is 0. The van der Waals surface area contributed by atoms with Gasteiger partial charge in [-0.2, -0.15) is 0 Å². The first-order valence-electron chi connectivity index (χ1n) is 20.6. The van der Waals surface area contributed by atoms with Crippen LogP contribution in [0.2, 0.25) is 0 Å². The number of aliphatic hydroxyl groups excluding tert-OH is 3. The van der Waals surface area contributed by atoms with Gasteiger partial charge in [-0.15, -0.1) is 0 Å². The Morgan fingerprint density at radius 3 is 1.87 bits per heavy atom. The summed E-state index contributed by atoms with van der Waals surface area (Å²) < 4.78 is 0.810. The molecule has 0 aliphatic carbocycles. The maximum atomic E-state index is 11.9. The quantitative estimate of drug-likeness (QED) is 0.0281. The molecule has 10 N–H and O–H groups in total. The molecule has 11 heteroatoms. The molecule has 1 fully saturated rings. The van der Waals surface area contributed by atoms with Gasteiger partial charge in [-0.3, -0.25) is 9.59 Å². The number of nitrogens with two attached hydrogens (primary N) is 2. The van der Waals surface area contributed by atoms with Crippen LogP contribution in [-0.2, 0) is 9.59 Å². The minimum Gasteiger partial charge on any atom is -0.392 e. The van der Waals surface area contributed by atoms with Gasteiger partial charge in [0.25, 0.3) is 0 Å². The molecule has 316 valence electrons. The Morgan fingerprint density at radius 2 is 1.40 bits per heavy atom. The summed E-state index contributed by atoms with van der Waals surface area (Å²) in [5.41, 5.74) is 10.5. The Kier molecular flexibility index (Phi) is 35.0. The average Bonchev–Trinajstić information content (AvgIpc) is 3.06. The lowest BCUT2D eigenvalue weighted by Crippen LogP contribution is -2.69. The van der Waals surface area contributed by atoms with E-state index >= 15 is 0 Å². The largest absolute Gasteiger partial charge is 0.392 e. The van der Waals surface area contributed by atoms with Crippen molar-refractivity contribution < 1.29 is 29.4 Å². The Hall–Kier alpha value is -1.86. The van der Waals surface area contributed by atoms with Crippen LogP contribution >= 0.6 is 0 Å². The summed E-state index contributed by atoms with van der Waals surface area (Å²) in [7, 11) is 0. The van der Waals surface area contributed by atoms with E-state index in [0.717, 1.165) is 75.4 Å². The molecule has 0 bridgehead atoms. The minimum atomic E-state index is -0.384. The highest BCUT2D eigenvalue weighted by Gasteiger charge is 2.42. The third-order valence-electron chi connectivity index (χ3n) is 9.71. The van der Waals surface area contributed by atoms with Crippen molar-refractivity contribution in [2.45, 2.75) is 146 Å². The fraction of sp³-hybridized carbons (Fsp3) is 0.857. The van der Waals surface area contributed by atoms with Crippen LogP contribution in [0.15, 0.2) is 24.3 Å². The van der Waals surface area contributed by atoms with Crippen molar-refractivity contribution >= 4 is 12.3 Å². The number of hydrogen-bond acceptors (Lipinski definition) is 8. The van der Waals surface area contributed by atoms with Crippen molar-refractivity contribution in [3.8, 4) is 0 Å². The SMILES string of the molecule is CC(C)C.CC=CC(C)(C(C)C)C(O)CCCCC.CC=CC(C)(C)C(O)CCCCC(=O)NCC[N+]1(CCN)CC(O)C1.NCCNCCNC=O. The summed E-state index contributed by atoms with van der Waals surface area (Å²) in [5, 5.41) is 38.5. The molecule has 1 aliphatic rings. The molecular weight excluding hydrogens is 668 g/mol. The zero-order valence-corrected chi connectivity index (χ0v) is 36.3. The molecule has 3 atom stereocenters. The van der Waals surface area contributed by atoms with Gasteiger partial charge >= 0.3 is 0 Å². The van der Waals surface area contributed by atoms with Gasteiger partial charge < -0.3 is 47.2 Å². The van der Waals surface area contributed by atoms with Crippen LogP contribution in [0.5, 0.6) is 0 Å². The lowest BCUT2D eigenvalue weighted by atomic mass is 9.72. The van der Waals surface area contributed by atoms with Crippen molar-refractivity contribution in [3.63, 3.8) is 0 Å². The Balaban J connectivity index is -0.000000752. The Labute approximate surface area is 326 Å². The highest BCUT2D eigenvalue weighted by Crippen LogP contribution is 2.35. The minimum absolute atomic E-state index is 0.0641. The number of carbonyl (C=O) groups excluding carboxylic acids is 2. The second-order valence-corrected chi connectivity index (χ2v) is 16.4. The van der Waals surface area contributed by atoms with Gasteiger partial charge in [0.1, 0.15) is 13.1 Å². The third kappa shape index (κ3) is 29.1. The maximum absolute atomic E-state index is 11.9. The highest BCUT2D eigenvalue weighted by atomic mass is 16.3. The van der Waals surface area contributed by atoms with Crippen LogP contribution in [-0.4, -0.2) is 116 Å². The Morgan fingerprint density at radius 1 is 0.830 bits per heavy atom. The van der Waals surface area contributed by atoms with Crippen molar-refractivity contribution in [2.75, 3.05) is 65.4 Å². The lowest BCUT2D eigenvalue weighted by molar-refractivity contribution is -0.970. The van der Waals surface area contributed by atoms with E-state index < -0.39 is 0 Å². The summed E-state index contributed by atoms with van der Waals surface area (Å²) >= 11 is 0. The first-order valence-corrected chi connectivity index (χ1v) is 20.6. The molecule has 0 aromatic carbocycles. The van der Waals surface area contributed by atoms with Gasteiger partial charge in [-0.25, -0.2) is 0 Å². The van der Waals surface area contributed by atoms with E-state index in [4.69, 9.17) is 11.5 Å². The van der Waals surface area contributed by atoms with E-state index in [2.05, 4.69) is 76.6 Å². The summed E-state index contributed by atoms with van der Waals surface area (Å²) in [5.74, 6) is 1.37. The standard InChI is InChI=1S/C19H37N3O3.C14H28O.C5H13N3O.C4H10/c1-4-9-19(2,3)17(24)7-5-6-8-18(25)21-11-13-22(12-10-20)14-16(23)15-22;1-6-8-9-10-13(15)14(5,11-7-2)12(3)4;6-1-2-7-3-4-8-5-9;1-4(2)3/h4,9,16-17,23-24H,5-8,10-15,20H2,1-3H3;7,11-13,15H,6,8-10H2,1-5H3;5,7H,1-4,6H2,(H,8,9);4H,1-3H3/p+1. The molecule has 1 rings (SSSR count). The number of nitrogens with zero attached hydrogens (tertiary/aromatic N) is 1. The molecule has 3 unspecified atom stereocenters. The van der Waals surface area contributed by atoms with E-state index in [1.165, 1.54) is 12.8 Å². The third-order valence-corrected chi connectivity index (χ3v) is 9.71. The number of rotatable bonds is 25. The summed E-state index contributed by atoms with van der Waals surface area (Å²) in [6.07, 6.45) is 15.4. The van der Waals surface area contributed by atoms with Crippen LogP contribution in [0.25, 0.3) is 0 Å². The molecule has 0 saturated carbocycles. The molecule has 2 amide bonds. The number of quaternary nitrogens is 1. The predicted octanol–water partition coefficient (Wildman–Crippen LogP) is 4.89. The van der Waals surface area contributed by atoms with Gasteiger partial charge in [0.15, 0.2) is 6.10 Å². The molecule has 53 heavy (non-hydrogen) atoms. The van der Waals surface area contributed by atoms with Gasteiger partial charge in [0.05, 0.1) is 31.8 Å². The molecule has 0 aromatic rings. The van der Waals surface area contributed by atoms with E-state index in [9.17, 15) is 24.9 Å². The first-order chi connectivity index (χ1) is 24.9. The summed E-state index contributed by atoms with van der Waals surface area (Å²) in [6.45, 7) is 30.6. The smallest absolute Gasteiger partial charge is 0.220 e. The fourth-order valence-corrected chi connectivity index (χ4v) is 6.04. The Bertz CT molecular complexity index is 915. The zero-order chi connectivity index (χ0) is 41.3. The molecule has 1 heterocycles. The number of allylic oxidation sites excluding steroid dienone is 2. The van der Waals surface area contributed by atoms with E-state index in [1.807, 2.05) is 39.8 Å². The van der Waals surface area contributed by atoms with Crippen molar-refractivity contribution in [3.05, 3.63) is 24.3 Å². The van der Waals surface area contributed by atoms with E-state index in [0.29, 0.717) is 51.3 Å². The summed E-state index contributed by atoms with van der Waals surface area (Å²) in [4.78, 5) is 21.6. The number of nitrogens with one attached hydrogen (secondary N) is 3. The van der Waals surface area contributed by atoms with Gasteiger partial charge in [0.2, 0.25) is 12.3 Å². The number of carbonyl (C=O) groups is 2. The second-order valence-electron chi connectivity index (χ2n) is 16.4. The van der Waals surface area contributed by atoms with Crippen LogP contribution in [0.1, 0.15) is 128 Å². The lowest BCUT2D eigenvalue weighted by Gasteiger charge is -2.48. The van der Waals surface area contributed by atoms with Crippen LogP contribution in [0.3, 0.4) is 0 Å². The monoisotopic (exact) mass is 758 g/mol. The average molecular weight is 758 g/mol. The fourth-order valence-electron chi connectivity index (χ4n) is 6.04. The van der Waals surface area contributed by atoms with Gasteiger partial charge in [-0.1, -0.05) is 112 Å². The van der Waals surface area contributed by atoms with Crippen molar-refractivity contribution in [1.82, 2.24) is 16.0 Å². The van der Waals surface area contributed by atoms with Crippen LogP contribution < -0.4 is 27.4 Å². The topological polar surface area (TPSA) is 183 Å². The van der Waals surface area contributed by atoms with Crippen molar-refractivity contribution in [2.24, 2.45) is 34.1 Å². The van der Waals surface area contributed by atoms with E-state index in [1.54, 1.807) is 0 Å². The second kappa shape index (κ2) is 33.5. The molecule has 11 nitrogen and oxygen atoms in total. The molecule has 0 radical (unpaired) electrons. The highest BCUT2D eigenvalue weighted by molar-refractivity contribution is 5.75. The van der Waals surface area contributed by atoms with Gasteiger partial charge in [0, 0.05) is 50.0 Å². The number of amides is 2. The normalized spacial score (nSPS) is 19.2. The number of hydrogen-bond donors (Lipinski definition) is 8. The van der Waals surface area contributed by atoms with Crippen LogP contribution in [0.4, 0.5) is 0 Å². The van der Waals surface area contributed by atoms with Crippen LogP contribution in [0, 0.1) is 22.7 Å².